The van der Waals surface area contributed by atoms with Crippen molar-refractivity contribution < 1.29 is 23.4 Å². The average Bonchev–Trinajstić information content (AvgIpc) is 2.76. The highest BCUT2D eigenvalue weighted by atomic mass is 79.9. The van der Waals surface area contributed by atoms with Gasteiger partial charge in [0.2, 0.25) is 10.0 Å². The molecule has 1 heterocycles. The predicted octanol–water partition coefficient (Wildman–Crippen LogP) is 0.903. The van der Waals surface area contributed by atoms with Gasteiger partial charge >= 0.3 is 5.97 Å². The van der Waals surface area contributed by atoms with Crippen LogP contribution in [0.4, 0.5) is 0 Å². The van der Waals surface area contributed by atoms with E-state index in [-0.39, 0.29) is 28.0 Å². The number of benzene rings is 1. The monoisotopic (exact) mass is 349 g/mol. The smallest absolute Gasteiger partial charge is 0.335 e. The first kappa shape index (κ1) is 14.4. The summed E-state index contributed by atoms with van der Waals surface area (Å²) in [6, 6.07) is 3.75. The molecule has 19 heavy (non-hydrogen) atoms. The Morgan fingerprint density at radius 2 is 2.11 bits per heavy atom. The molecule has 0 amide bonds. The van der Waals surface area contributed by atoms with Crippen molar-refractivity contribution in [1.29, 1.82) is 0 Å². The van der Waals surface area contributed by atoms with E-state index in [1.807, 2.05) is 0 Å². The van der Waals surface area contributed by atoms with Crippen LogP contribution in [-0.4, -0.2) is 48.1 Å². The highest BCUT2D eigenvalue weighted by Crippen LogP contribution is 2.28. The van der Waals surface area contributed by atoms with Crippen molar-refractivity contribution in [1.82, 2.24) is 4.31 Å². The van der Waals surface area contributed by atoms with E-state index in [9.17, 15) is 18.3 Å². The fourth-order valence-electron chi connectivity index (χ4n) is 1.91. The van der Waals surface area contributed by atoms with E-state index in [1.54, 1.807) is 0 Å². The Hall–Kier alpha value is -0.960. The van der Waals surface area contributed by atoms with E-state index in [1.165, 1.54) is 22.5 Å². The summed E-state index contributed by atoms with van der Waals surface area (Å²) in [5.74, 6) is -1.12. The molecule has 1 saturated heterocycles. The second-order valence-corrected chi connectivity index (χ2v) is 7.02. The van der Waals surface area contributed by atoms with Crippen molar-refractivity contribution in [2.24, 2.45) is 0 Å². The van der Waals surface area contributed by atoms with Gasteiger partial charge in [0, 0.05) is 17.6 Å². The minimum absolute atomic E-state index is 0.00611. The third-order valence-corrected chi connectivity index (χ3v) is 5.76. The topological polar surface area (TPSA) is 94.9 Å². The SMILES string of the molecule is O=C(O)c1ccc(S(=O)(=O)N2CCC(O)C2)c(Br)c1. The van der Waals surface area contributed by atoms with Crippen molar-refractivity contribution in [2.45, 2.75) is 17.4 Å². The number of carbonyl (C=O) groups is 1. The first-order valence-electron chi connectivity index (χ1n) is 5.53. The number of aromatic carboxylic acids is 1. The van der Waals surface area contributed by atoms with Gasteiger partial charge in [-0.1, -0.05) is 0 Å². The van der Waals surface area contributed by atoms with Crippen LogP contribution in [0.5, 0.6) is 0 Å². The molecule has 1 unspecified atom stereocenters. The van der Waals surface area contributed by atoms with E-state index in [4.69, 9.17) is 5.11 Å². The molecule has 6 nitrogen and oxygen atoms in total. The number of carboxylic acids is 1. The molecule has 104 valence electrons. The Morgan fingerprint density at radius 1 is 1.42 bits per heavy atom. The minimum Gasteiger partial charge on any atom is -0.478 e. The minimum atomic E-state index is -3.71. The zero-order valence-corrected chi connectivity index (χ0v) is 12.2. The summed E-state index contributed by atoms with van der Waals surface area (Å²) in [6.07, 6.45) is -0.240. The first-order valence-corrected chi connectivity index (χ1v) is 7.76. The summed E-state index contributed by atoms with van der Waals surface area (Å²) in [5, 5.41) is 18.2. The van der Waals surface area contributed by atoms with Gasteiger partial charge in [0.25, 0.3) is 0 Å². The molecule has 0 saturated carbocycles. The maximum Gasteiger partial charge on any atom is 0.335 e. The number of carboxylic acid groups (broad SMARTS) is 1. The van der Waals surface area contributed by atoms with Crippen LogP contribution in [0.25, 0.3) is 0 Å². The molecular formula is C11H12BrNO5S. The second kappa shape index (κ2) is 5.20. The van der Waals surface area contributed by atoms with Crippen LogP contribution < -0.4 is 0 Å². The Kier molecular flexibility index (Phi) is 3.95. The van der Waals surface area contributed by atoms with Crippen LogP contribution in [0.2, 0.25) is 0 Å². The maximum atomic E-state index is 12.3. The van der Waals surface area contributed by atoms with Gasteiger partial charge in [-0.2, -0.15) is 4.31 Å². The third kappa shape index (κ3) is 2.81. The largest absolute Gasteiger partial charge is 0.478 e. The number of halogens is 1. The molecular weight excluding hydrogens is 338 g/mol. The molecule has 0 aliphatic carbocycles. The maximum absolute atomic E-state index is 12.3. The van der Waals surface area contributed by atoms with E-state index < -0.39 is 22.1 Å². The molecule has 8 heteroatoms. The van der Waals surface area contributed by atoms with Gasteiger partial charge in [-0.3, -0.25) is 0 Å². The number of hydrogen-bond donors (Lipinski definition) is 2. The molecule has 2 rings (SSSR count). The second-order valence-electron chi connectivity index (χ2n) is 4.26. The van der Waals surface area contributed by atoms with Gasteiger partial charge in [0.05, 0.1) is 16.6 Å². The molecule has 0 aromatic heterocycles. The summed E-state index contributed by atoms with van der Waals surface area (Å²) in [6.45, 7) is 0.325. The van der Waals surface area contributed by atoms with Crippen molar-refractivity contribution in [3.05, 3.63) is 28.2 Å². The van der Waals surface area contributed by atoms with Crippen LogP contribution in [0.15, 0.2) is 27.6 Å². The van der Waals surface area contributed by atoms with E-state index >= 15 is 0 Å². The van der Waals surface area contributed by atoms with Crippen molar-refractivity contribution in [2.75, 3.05) is 13.1 Å². The van der Waals surface area contributed by atoms with Gasteiger partial charge < -0.3 is 10.2 Å². The van der Waals surface area contributed by atoms with Gasteiger partial charge in [0.1, 0.15) is 0 Å². The number of hydrogen-bond acceptors (Lipinski definition) is 4. The Morgan fingerprint density at radius 3 is 2.58 bits per heavy atom. The number of nitrogens with zero attached hydrogens (tertiary/aromatic N) is 1. The van der Waals surface area contributed by atoms with Gasteiger partial charge in [0.15, 0.2) is 0 Å². The Balaban J connectivity index is 2.38. The fraction of sp³-hybridized carbons (Fsp3) is 0.364. The number of β-amino-alcohol motifs (C(OH)–C–C–N with tert-alkyl or cyclic N) is 1. The van der Waals surface area contributed by atoms with Crippen LogP contribution in [-0.2, 0) is 10.0 Å². The predicted molar refractivity (Wildman–Crippen MR) is 70.5 cm³/mol. The summed E-state index contributed by atoms with van der Waals surface area (Å²) in [5.41, 5.74) is 0.00674. The van der Waals surface area contributed by atoms with E-state index in [0.717, 1.165) is 0 Å². The lowest BCUT2D eigenvalue weighted by atomic mass is 10.2. The average molecular weight is 350 g/mol. The molecule has 1 atom stereocenters. The van der Waals surface area contributed by atoms with Crippen molar-refractivity contribution in [3.8, 4) is 0 Å². The standard InChI is InChI=1S/C11H12BrNO5S/c12-9-5-7(11(15)16)1-2-10(9)19(17,18)13-4-3-8(14)6-13/h1-2,5,8,14H,3-4,6H2,(H,15,16). The molecule has 1 aliphatic heterocycles. The van der Waals surface area contributed by atoms with E-state index in [0.29, 0.717) is 6.42 Å². The van der Waals surface area contributed by atoms with Crippen LogP contribution in [0.1, 0.15) is 16.8 Å². The summed E-state index contributed by atoms with van der Waals surface area (Å²) >= 11 is 3.08. The quantitative estimate of drug-likeness (QED) is 0.845. The van der Waals surface area contributed by atoms with Crippen molar-refractivity contribution >= 4 is 31.9 Å². The zero-order valence-electron chi connectivity index (χ0n) is 9.78. The summed E-state index contributed by atoms with van der Waals surface area (Å²) < 4.78 is 26.0. The third-order valence-electron chi connectivity index (χ3n) is 2.92. The molecule has 1 aromatic rings. The molecule has 2 N–H and O–H groups in total. The van der Waals surface area contributed by atoms with Gasteiger partial charge in [-0.05, 0) is 40.5 Å². The molecule has 1 fully saturated rings. The highest BCUT2D eigenvalue weighted by molar-refractivity contribution is 9.10. The molecule has 0 radical (unpaired) electrons. The first-order chi connectivity index (χ1) is 8.82. The Labute approximate surface area is 118 Å². The molecule has 0 spiro atoms. The number of aliphatic hydroxyl groups is 1. The number of sulfonamides is 1. The molecule has 0 bridgehead atoms. The van der Waals surface area contributed by atoms with E-state index in [2.05, 4.69) is 15.9 Å². The summed E-state index contributed by atoms with van der Waals surface area (Å²) in [7, 11) is -3.71. The molecule has 1 aromatic carbocycles. The zero-order chi connectivity index (χ0) is 14.2. The van der Waals surface area contributed by atoms with Crippen LogP contribution in [0.3, 0.4) is 0 Å². The lowest BCUT2D eigenvalue weighted by molar-refractivity contribution is 0.0696. The summed E-state index contributed by atoms with van der Waals surface area (Å²) in [4.78, 5) is 10.8. The lowest BCUT2D eigenvalue weighted by Crippen LogP contribution is -2.30. The number of rotatable bonds is 3. The Bertz CT molecular complexity index is 616. The molecule has 1 aliphatic rings. The lowest BCUT2D eigenvalue weighted by Gasteiger charge is -2.16. The highest BCUT2D eigenvalue weighted by Gasteiger charge is 2.32. The van der Waals surface area contributed by atoms with Gasteiger partial charge in [-0.25, -0.2) is 13.2 Å². The fourth-order valence-corrected chi connectivity index (χ4v) is 4.44. The normalized spacial score (nSPS) is 20.6. The van der Waals surface area contributed by atoms with Gasteiger partial charge in [-0.15, -0.1) is 0 Å². The van der Waals surface area contributed by atoms with Crippen molar-refractivity contribution in [3.63, 3.8) is 0 Å². The van der Waals surface area contributed by atoms with Crippen LogP contribution in [0, 0.1) is 0 Å². The van der Waals surface area contributed by atoms with Crippen LogP contribution >= 0.6 is 15.9 Å². The number of aliphatic hydroxyl groups excluding tert-OH is 1.